The minimum Gasteiger partial charge on any atom is -0.316 e. The third-order valence-corrected chi connectivity index (χ3v) is 3.85. The first kappa shape index (κ1) is 11.3. The molecule has 2 rings (SSSR count). The standard InChI is InChI=1S/C12H23FN2/c1-11(2,13)10-15-7-4-12(5-8-15)3-6-14-9-12/h14H,3-10H2,1-2H3. The van der Waals surface area contributed by atoms with Gasteiger partial charge in [0.1, 0.15) is 5.67 Å². The van der Waals surface area contributed by atoms with Gasteiger partial charge in [-0.25, -0.2) is 4.39 Å². The summed E-state index contributed by atoms with van der Waals surface area (Å²) in [5.74, 6) is 0. The lowest BCUT2D eigenvalue weighted by Crippen LogP contribution is -2.45. The molecule has 88 valence electrons. The molecule has 2 aliphatic heterocycles. The highest BCUT2D eigenvalue weighted by molar-refractivity contribution is 4.93. The summed E-state index contributed by atoms with van der Waals surface area (Å²) < 4.78 is 13.5. The van der Waals surface area contributed by atoms with Crippen molar-refractivity contribution < 1.29 is 4.39 Å². The fourth-order valence-electron chi connectivity index (χ4n) is 2.94. The van der Waals surface area contributed by atoms with E-state index in [1.54, 1.807) is 13.8 Å². The van der Waals surface area contributed by atoms with Crippen LogP contribution in [0.25, 0.3) is 0 Å². The van der Waals surface area contributed by atoms with Gasteiger partial charge in [0.15, 0.2) is 0 Å². The number of alkyl halides is 1. The number of halogens is 1. The molecule has 0 bridgehead atoms. The summed E-state index contributed by atoms with van der Waals surface area (Å²) in [6.45, 7) is 8.46. The van der Waals surface area contributed by atoms with E-state index in [2.05, 4.69) is 10.2 Å². The molecule has 0 aromatic heterocycles. The van der Waals surface area contributed by atoms with Crippen LogP contribution in [0.3, 0.4) is 0 Å². The molecule has 2 saturated heterocycles. The molecule has 0 aromatic carbocycles. The summed E-state index contributed by atoms with van der Waals surface area (Å²) in [6, 6.07) is 0. The molecule has 0 amide bonds. The smallest absolute Gasteiger partial charge is 0.118 e. The summed E-state index contributed by atoms with van der Waals surface area (Å²) in [4.78, 5) is 2.28. The normalized spacial score (nSPS) is 27.4. The lowest BCUT2D eigenvalue weighted by atomic mass is 9.77. The van der Waals surface area contributed by atoms with Crippen LogP contribution in [-0.2, 0) is 0 Å². The summed E-state index contributed by atoms with van der Waals surface area (Å²) >= 11 is 0. The van der Waals surface area contributed by atoms with Gasteiger partial charge in [0.05, 0.1) is 0 Å². The number of hydrogen-bond acceptors (Lipinski definition) is 2. The molecular formula is C12H23FN2. The van der Waals surface area contributed by atoms with Gasteiger partial charge in [-0.1, -0.05) is 0 Å². The molecule has 0 unspecified atom stereocenters. The van der Waals surface area contributed by atoms with Crippen LogP contribution in [0.4, 0.5) is 4.39 Å². The maximum atomic E-state index is 13.5. The summed E-state index contributed by atoms with van der Waals surface area (Å²) in [5, 5.41) is 3.45. The third-order valence-electron chi connectivity index (χ3n) is 3.85. The first-order valence-electron chi connectivity index (χ1n) is 6.11. The molecule has 2 aliphatic rings. The van der Waals surface area contributed by atoms with Crippen LogP contribution in [-0.4, -0.2) is 43.3 Å². The SMILES string of the molecule is CC(C)(F)CN1CCC2(CCNC2)CC1. The highest BCUT2D eigenvalue weighted by atomic mass is 19.1. The molecule has 0 atom stereocenters. The Hall–Kier alpha value is -0.150. The largest absolute Gasteiger partial charge is 0.316 e. The van der Waals surface area contributed by atoms with Crippen molar-refractivity contribution in [2.75, 3.05) is 32.7 Å². The van der Waals surface area contributed by atoms with Gasteiger partial charge >= 0.3 is 0 Å². The molecule has 3 heteroatoms. The van der Waals surface area contributed by atoms with Crippen LogP contribution in [0.15, 0.2) is 0 Å². The third kappa shape index (κ3) is 2.91. The predicted octanol–water partition coefficient (Wildman–Crippen LogP) is 1.81. The van der Waals surface area contributed by atoms with Crippen LogP contribution in [0, 0.1) is 5.41 Å². The van der Waals surface area contributed by atoms with Crippen molar-refractivity contribution in [2.24, 2.45) is 5.41 Å². The van der Waals surface area contributed by atoms with Gasteiger partial charge in [0.25, 0.3) is 0 Å². The zero-order chi connectivity index (χ0) is 10.9. The minimum atomic E-state index is -1.04. The number of likely N-dealkylation sites (tertiary alicyclic amines) is 1. The van der Waals surface area contributed by atoms with E-state index in [1.807, 2.05) is 0 Å². The van der Waals surface area contributed by atoms with Crippen LogP contribution in [0.5, 0.6) is 0 Å². The van der Waals surface area contributed by atoms with Gasteiger partial charge in [-0.15, -0.1) is 0 Å². The van der Waals surface area contributed by atoms with Gasteiger partial charge in [0, 0.05) is 13.1 Å². The van der Waals surface area contributed by atoms with Crippen LogP contribution < -0.4 is 5.32 Å². The highest BCUT2D eigenvalue weighted by Gasteiger charge is 2.37. The number of piperidine rings is 1. The topological polar surface area (TPSA) is 15.3 Å². The first-order chi connectivity index (χ1) is 6.99. The van der Waals surface area contributed by atoms with Gasteiger partial charge in [-0.2, -0.15) is 0 Å². The lowest BCUT2D eigenvalue weighted by Gasteiger charge is -2.40. The van der Waals surface area contributed by atoms with Gasteiger partial charge < -0.3 is 10.2 Å². The number of nitrogens with zero attached hydrogens (tertiary/aromatic N) is 1. The van der Waals surface area contributed by atoms with E-state index in [-0.39, 0.29) is 0 Å². The average Bonchev–Trinajstić information content (AvgIpc) is 2.56. The molecular weight excluding hydrogens is 191 g/mol. The monoisotopic (exact) mass is 214 g/mol. The van der Waals surface area contributed by atoms with Crippen molar-refractivity contribution in [1.82, 2.24) is 10.2 Å². The Labute approximate surface area is 92.2 Å². The fourth-order valence-corrected chi connectivity index (χ4v) is 2.94. The van der Waals surface area contributed by atoms with Crippen molar-refractivity contribution in [3.63, 3.8) is 0 Å². The molecule has 0 aliphatic carbocycles. The minimum absolute atomic E-state index is 0.553. The fraction of sp³-hybridized carbons (Fsp3) is 1.00. The van der Waals surface area contributed by atoms with Crippen LogP contribution >= 0.6 is 0 Å². The second kappa shape index (κ2) is 4.02. The van der Waals surface area contributed by atoms with E-state index in [0.29, 0.717) is 12.0 Å². The van der Waals surface area contributed by atoms with Gasteiger partial charge in [-0.3, -0.25) is 0 Å². The Balaban J connectivity index is 1.81. The van der Waals surface area contributed by atoms with Crippen molar-refractivity contribution in [2.45, 2.75) is 38.8 Å². The van der Waals surface area contributed by atoms with E-state index in [4.69, 9.17) is 0 Å². The Morgan fingerprint density at radius 1 is 1.27 bits per heavy atom. The second-order valence-electron chi connectivity index (χ2n) is 5.92. The average molecular weight is 214 g/mol. The Morgan fingerprint density at radius 3 is 2.40 bits per heavy atom. The maximum Gasteiger partial charge on any atom is 0.118 e. The van der Waals surface area contributed by atoms with Crippen molar-refractivity contribution in [3.8, 4) is 0 Å². The summed E-state index contributed by atoms with van der Waals surface area (Å²) in [7, 11) is 0. The maximum absolute atomic E-state index is 13.5. The molecule has 0 radical (unpaired) electrons. The molecule has 2 nitrogen and oxygen atoms in total. The van der Waals surface area contributed by atoms with Crippen molar-refractivity contribution in [1.29, 1.82) is 0 Å². The van der Waals surface area contributed by atoms with E-state index in [9.17, 15) is 4.39 Å². The van der Waals surface area contributed by atoms with Crippen molar-refractivity contribution in [3.05, 3.63) is 0 Å². The molecule has 0 saturated carbocycles. The summed E-state index contributed by atoms with van der Waals surface area (Å²) in [6.07, 6.45) is 3.81. The van der Waals surface area contributed by atoms with Gasteiger partial charge in [-0.05, 0) is 58.2 Å². The number of hydrogen-bond donors (Lipinski definition) is 1. The quantitative estimate of drug-likeness (QED) is 0.754. The molecule has 0 aromatic rings. The highest BCUT2D eigenvalue weighted by Crippen LogP contribution is 2.37. The zero-order valence-electron chi connectivity index (χ0n) is 9.98. The van der Waals surface area contributed by atoms with Gasteiger partial charge in [0.2, 0.25) is 0 Å². The predicted molar refractivity (Wildman–Crippen MR) is 60.8 cm³/mol. The molecule has 2 fully saturated rings. The Kier molecular flexibility index (Phi) is 3.04. The molecule has 15 heavy (non-hydrogen) atoms. The second-order valence-corrected chi connectivity index (χ2v) is 5.92. The number of nitrogens with one attached hydrogen (secondary N) is 1. The first-order valence-corrected chi connectivity index (χ1v) is 6.11. The van der Waals surface area contributed by atoms with Crippen LogP contribution in [0.2, 0.25) is 0 Å². The van der Waals surface area contributed by atoms with E-state index in [0.717, 1.165) is 13.1 Å². The van der Waals surface area contributed by atoms with Crippen molar-refractivity contribution >= 4 is 0 Å². The molecule has 2 heterocycles. The lowest BCUT2D eigenvalue weighted by molar-refractivity contribution is 0.0671. The van der Waals surface area contributed by atoms with E-state index < -0.39 is 5.67 Å². The zero-order valence-corrected chi connectivity index (χ0v) is 9.98. The number of rotatable bonds is 2. The molecule has 1 N–H and O–H groups in total. The Bertz CT molecular complexity index is 206. The van der Waals surface area contributed by atoms with E-state index >= 15 is 0 Å². The molecule has 1 spiro atoms. The van der Waals surface area contributed by atoms with E-state index in [1.165, 1.54) is 32.4 Å². The van der Waals surface area contributed by atoms with Crippen LogP contribution in [0.1, 0.15) is 33.1 Å². The Morgan fingerprint density at radius 2 is 1.93 bits per heavy atom. The summed E-state index contributed by atoms with van der Waals surface area (Å²) in [5.41, 5.74) is -0.491.